The van der Waals surface area contributed by atoms with Gasteiger partial charge in [-0.1, -0.05) is 55.1 Å². The van der Waals surface area contributed by atoms with Crippen molar-refractivity contribution in [2.45, 2.75) is 13.1 Å². The molecular weight excluding hydrogens is 336 g/mol. The fourth-order valence-electron chi connectivity index (χ4n) is 2.83. The second kappa shape index (κ2) is 9.38. The highest BCUT2D eigenvalue weighted by molar-refractivity contribution is 5.83. The molecule has 0 fully saturated rings. The molecular formula is C22H24N4O. The maximum absolute atomic E-state index is 5.70. The van der Waals surface area contributed by atoms with E-state index in [1.165, 1.54) is 0 Å². The van der Waals surface area contributed by atoms with E-state index in [9.17, 15) is 0 Å². The van der Waals surface area contributed by atoms with Crippen molar-refractivity contribution in [2.75, 3.05) is 13.7 Å². The Kier molecular flexibility index (Phi) is 6.41. The summed E-state index contributed by atoms with van der Waals surface area (Å²) in [6.45, 7) is 5.43. The number of nitrogens with zero attached hydrogens (tertiary/aromatic N) is 2. The Morgan fingerprint density at radius 2 is 1.78 bits per heavy atom. The molecule has 0 aliphatic heterocycles. The topological polar surface area (TPSA) is 58.5 Å². The van der Waals surface area contributed by atoms with Crippen LogP contribution in [-0.4, -0.2) is 24.6 Å². The highest BCUT2D eigenvalue weighted by Gasteiger charge is 2.06. The number of hydrogen-bond donors (Lipinski definition) is 2. The number of aromatic nitrogens is 1. The highest BCUT2D eigenvalue weighted by Crippen LogP contribution is 2.18. The minimum absolute atomic E-state index is 0.484. The SMILES string of the molecule is C=CCOc1ccccc1CNC(=NC)NCc1cccc2cccnc12. The van der Waals surface area contributed by atoms with Crippen LogP contribution in [0, 0.1) is 0 Å². The first kappa shape index (κ1) is 18.5. The third-order valence-corrected chi connectivity index (χ3v) is 4.16. The van der Waals surface area contributed by atoms with Crippen molar-refractivity contribution in [3.8, 4) is 5.75 Å². The predicted molar refractivity (Wildman–Crippen MR) is 111 cm³/mol. The van der Waals surface area contributed by atoms with Crippen LogP contribution in [0.4, 0.5) is 0 Å². The third kappa shape index (κ3) is 4.85. The smallest absolute Gasteiger partial charge is 0.191 e. The van der Waals surface area contributed by atoms with Gasteiger partial charge in [-0.25, -0.2) is 0 Å². The Labute approximate surface area is 159 Å². The molecule has 0 radical (unpaired) electrons. The molecule has 2 N–H and O–H groups in total. The van der Waals surface area contributed by atoms with E-state index in [-0.39, 0.29) is 0 Å². The van der Waals surface area contributed by atoms with Crippen LogP contribution in [0.2, 0.25) is 0 Å². The molecule has 3 aromatic rings. The largest absolute Gasteiger partial charge is 0.489 e. The van der Waals surface area contributed by atoms with Gasteiger partial charge in [-0.15, -0.1) is 0 Å². The monoisotopic (exact) mass is 360 g/mol. The zero-order valence-electron chi connectivity index (χ0n) is 15.5. The highest BCUT2D eigenvalue weighted by atomic mass is 16.5. The summed E-state index contributed by atoms with van der Waals surface area (Å²) in [5.74, 6) is 1.57. The first-order valence-corrected chi connectivity index (χ1v) is 8.90. The Morgan fingerprint density at radius 1 is 1.04 bits per heavy atom. The number of hydrogen-bond acceptors (Lipinski definition) is 3. The number of guanidine groups is 1. The van der Waals surface area contributed by atoms with Gasteiger partial charge in [0.2, 0.25) is 0 Å². The van der Waals surface area contributed by atoms with Crippen molar-refractivity contribution in [3.05, 3.63) is 84.6 Å². The van der Waals surface area contributed by atoms with Crippen molar-refractivity contribution in [2.24, 2.45) is 4.99 Å². The number of para-hydroxylation sites is 2. The van der Waals surface area contributed by atoms with Crippen molar-refractivity contribution in [1.82, 2.24) is 15.6 Å². The number of aliphatic imine (C=N–C) groups is 1. The zero-order chi connectivity index (χ0) is 18.9. The van der Waals surface area contributed by atoms with Crippen LogP contribution in [0.1, 0.15) is 11.1 Å². The number of pyridine rings is 1. The Bertz CT molecular complexity index is 931. The van der Waals surface area contributed by atoms with E-state index in [1.807, 2.05) is 42.6 Å². The molecule has 3 rings (SSSR count). The van der Waals surface area contributed by atoms with Crippen LogP contribution >= 0.6 is 0 Å². The van der Waals surface area contributed by atoms with Gasteiger partial charge in [0.05, 0.1) is 5.52 Å². The van der Waals surface area contributed by atoms with Gasteiger partial charge in [-0.05, 0) is 17.7 Å². The molecule has 0 unspecified atom stereocenters. The number of benzene rings is 2. The molecule has 0 saturated carbocycles. The summed E-state index contributed by atoms with van der Waals surface area (Å²) in [7, 11) is 1.76. The molecule has 1 aromatic heterocycles. The van der Waals surface area contributed by atoms with E-state index >= 15 is 0 Å². The van der Waals surface area contributed by atoms with Gasteiger partial charge in [0.1, 0.15) is 12.4 Å². The van der Waals surface area contributed by atoms with Gasteiger partial charge in [-0.3, -0.25) is 9.98 Å². The second-order valence-electron chi connectivity index (χ2n) is 5.98. The van der Waals surface area contributed by atoms with E-state index in [4.69, 9.17) is 4.74 Å². The Hall–Kier alpha value is -3.34. The summed E-state index contributed by atoms with van der Waals surface area (Å²) in [6, 6.07) is 18.2. The number of rotatable bonds is 7. The van der Waals surface area contributed by atoms with Gasteiger partial charge in [0.25, 0.3) is 0 Å². The summed E-state index contributed by atoms with van der Waals surface area (Å²) in [5.41, 5.74) is 3.20. The summed E-state index contributed by atoms with van der Waals surface area (Å²) >= 11 is 0. The lowest BCUT2D eigenvalue weighted by atomic mass is 10.1. The minimum Gasteiger partial charge on any atom is -0.489 e. The molecule has 0 bridgehead atoms. The van der Waals surface area contributed by atoms with Gasteiger partial charge < -0.3 is 15.4 Å². The molecule has 0 amide bonds. The minimum atomic E-state index is 0.484. The van der Waals surface area contributed by atoms with E-state index in [0.29, 0.717) is 19.7 Å². The standard InChI is InChI=1S/C22H24N4O/c1-3-14-27-20-12-5-4-8-18(20)15-25-22(23-2)26-16-19-10-6-9-17-11-7-13-24-21(17)19/h3-13H,1,14-16H2,2H3,(H2,23,25,26). The summed E-state index contributed by atoms with van der Waals surface area (Å²) in [6.07, 6.45) is 3.56. The molecule has 0 saturated heterocycles. The predicted octanol–water partition coefficient (Wildman–Crippen LogP) is 3.66. The van der Waals surface area contributed by atoms with E-state index < -0.39 is 0 Å². The number of fused-ring (bicyclic) bond motifs is 1. The van der Waals surface area contributed by atoms with Gasteiger partial charge in [0.15, 0.2) is 5.96 Å². The molecule has 5 nitrogen and oxygen atoms in total. The maximum atomic E-state index is 5.70. The lowest BCUT2D eigenvalue weighted by Crippen LogP contribution is -2.36. The molecule has 2 aromatic carbocycles. The lowest BCUT2D eigenvalue weighted by molar-refractivity contribution is 0.358. The van der Waals surface area contributed by atoms with Gasteiger partial charge in [-0.2, -0.15) is 0 Å². The quantitative estimate of drug-likeness (QED) is 0.383. The Balaban J connectivity index is 1.63. The van der Waals surface area contributed by atoms with Crippen molar-refractivity contribution < 1.29 is 4.74 Å². The van der Waals surface area contributed by atoms with Crippen molar-refractivity contribution in [1.29, 1.82) is 0 Å². The molecule has 5 heteroatoms. The Morgan fingerprint density at radius 3 is 2.59 bits per heavy atom. The van der Waals surface area contributed by atoms with Crippen molar-refractivity contribution >= 4 is 16.9 Å². The van der Waals surface area contributed by atoms with Gasteiger partial charge >= 0.3 is 0 Å². The molecule has 1 heterocycles. The van der Waals surface area contributed by atoms with Crippen LogP contribution in [0.5, 0.6) is 5.75 Å². The van der Waals surface area contributed by atoms with Crippen LogP contribution in [-0.2, 0) is 13.1 Å². The molecule has 0 atom stereocenters. The van der Waals surface area contributed by atoms with E-state index in [2.05, 4.69) is 45.4 Å². The maximum Gasteiger partial charge on any atom is 0.191 e. The number of ether oxygens (including phenoxy) is 1. The lowest BCUT2D eigenvalue weighted by Gasteiger charge is -2.15. The normalized spacial score (nSPS) is 11.2. The molecule has 138 valence electrons. The van der Waals surface area contributed by atoms with Crippen LogP contribution in [0.15, 0.2) is 78.4 Å². The first-order chi connectivity index (χ1) is 13.3. The first-order valence-electron chi connectivity index (χ1n) is 8.90. The zero-order valence-corrected chi connectivity index (χ0v) is 15.5. The van der Waals surface area contributed by atoms with Crippen LogP contribution < -0.4 is 15.4 Å². The molecule has 0 aliphatic carbocycles. The fourth-order valence-corrected chi connectivity index (χ4v) is 2.83. The van der Waals surface area contributed by atoms with E-state index in [0.717, 1.165) is 33.7 Å². The molecule has 27 heavy (non-hydrogen) atoms. The summed E-state index contributed by atoms with van der Waals surface area (Å²) < 4.78 is 5.70. The third-order valence-electron chi connectivity index (χ3n) is 4.16. The fraction of sp³-hybridized carbons (Fsp3) is 0.182. The van der Waals surface area contributed by atoms with Crippen LogP contribution in [0.25, 0.3) is 10.9 Å². The number of nitrogens with one attached hydrogen (secondary N) is 2. The van der Waals surface area contributed by atoms with Crippen molar-refractivity contribution in [3.63, 3.8) is 0 Å². The average Bonchev–Trinajstić information content (AvgIpc) is 2.73. The molecule has 0 aliphatic rings. The van der Waals surface area contributed by atoms with E-state index in [1.54, 1.807) is 13.1 Å². The molecule has 0 spiro atoms. The van der Waals surface area contributed by atoms with Gasteiger partial charge in [0, 0.05) is 37.3 Å². The average molecular weight is 360 g/mol. The summed E-state index contributed by atoms with van der Waals surface area (Å²) in [4.78, 5) is 8.80. The van der Waals surface area contributed by atoms with Crippen LogP contribution in [0.3, 0.4) is 0 Å². The summed E-state index contributed by atoms with van der Waals surface area (Å²) in [5, 5.41) is 7.82. The second-order valence-corrected chi connectivity index (χ2v) is 5.98.